The average Bonchev–Trinajstić information content (AvgIpc) is 3.27. The van der Waals surface area contributed by atoms with Crippen molar-refractivity contribution in [3.05, 3.63) is 41.5 Å². The first-order valence-electron chi connectivity index (χ1n) is 12.1. The van der Waals surface area contributed by atoms with E-state index < -0.39 is 11.7 Å². The largest absolute Gasteiger partial charge is 0.369 e. The number of nitrogens with one attached hydrogen (secondary N) is 4. The SMILES string of the molecule is CC(C)(C)C1CCC(NC(=O)c2[nH]ncc2NC(=O)c2cc(F)cc(N3CCNCC3)c2)CC1. The van der Waals surface area contributed by atoms with E-state index >= 15 is 0 Å². The summed E-state index contributed by atoms with van der Waals surface area (Å²) in [7, 11) is 0. The van der Waals surface area contributed by atoms with E-state index in [0.29, 0.717) is 11.6 Å². The summed E-state index contributed by atoms with van der Waals surface area (Å²) < 4.78 is 14.3. The van der Waals surface area contributed by atoms with Crippen LogP contribution in [0.2, 0.25) is 0 Å². The smallest absolute Gasteiger partial charge is 0.271 e. The number of rotatable bonds is 5. The first-order chi connectivity index (χ1) is 16.2. The van der Waals surface area contributed by atoms with E-state index in [9.17, 15) is 14.0 Å². The molecule has 1 aromatic carbocycles. The number of anilines is 2. The van der Waals surface area contributed by atoms with Gasteiger partial charge in [0, 0.05) is 43.5 Å². The van der Waals surface area contributed by atoms with Crippen LogP contribution in [0.3, 0.4) is 0 Å². The molecule has 0 unspecified atom stereocenters. The molecule has 2 amide bonds. The standard InChI is InChI=1S/C25H35FN6O2/c1-25(2,3)17-4-6-19(7-5-17)29-24(34)22-21(15-28-31-22)30-23(33)16-12-18(26)14-20(13-16)32-10-8-27-9-11-32/h12-15,17,19,27H,4-11H2,1-3H3,(H,28,31)(H,29,34)(H,30,33). The highest BCUT2D eigenvalue weighted by Gasteiger charge is 2.31. The van der Waals surface area contributed by atoms with Crippen molar-refractivity contribution in [3.8, 4) is 0 Å². The molecule has 1 aliphatic carbocycles. The number of H-pyrrole nitrogens is 1. The lowest BCUT2D eigenvalue weighted by atomic mass is 9.71. The van der Waals surface area contributed by atoms with Gasteiger partial charge in [-0.15, -0.1) is 0 Å². The van der Waals surface area contributed by atoms with Crippen molar-refractivity contribution >= 4 is 23.2 Å². The predicted molar refractivity (Wildman–Crippen MR) is 131 cm³/mol. The molecule has 2 aromatic rings. The zero-order valence-corrected chi connectivity index (χ0v) is 20.2. The maximum Gasteiger partial charge on any atom is 0.271 e. The molecule has 1 aliphatic heterocycles. The highest BCUT2D eigenvalue weighted by Crippen LogP contribution is 2.37. The first-order valence-corrected chi connectivity index (χ1v) is 12.1. The fourth-order valence-electron chi connectivity index (χ4n) is 4.92. The van der Waals surface area contributed by atoms with Crippen molar-refractivity contribution in [2.24, 2.45) is 11.3 Å². The zero-order chi connectivity index (χ0) is 24.3. The second-order valence-electron chi connectivity index (χ2n) is 10.4. The van der Waals surface area contributed by atoms with Gasteiger partial charge in [-0.2, -0.15) is 5.10 Å². The quantitative estimate of drug-likeness (QED) is 0.535. The maximum atomic E-state index is 14.3. The lowest BCUT2D eigenvalue weighted by molar-refractivity contribution is 0.0900. The molecule has 2 aliphatic rings. The van der Waals surface area contributed by atoms with Crippen molar-refractivity contribution in [1.82, 2.24) is 20.8 Å². The van der Waals surface area contributed by atoms with Crippen LogP contribution in [0.5, 0.6) is 0 Å². The van der Waals surface area contributed by atoms with Crippen LogP contribution in [-0.2, 0) is 0 Å². The van der Waals surface area contributed by atoms with E-state index in [-0.39, 0.29) is 34.3 Å². The molecule has 0 bridgehead atoms. The molecular weight excluding hydrogens is 435 g/mol. The number of benzene rings is 1. The Labute approximate surface area is 200 Å². The van der Waals surface area contributed by atoms with Crippen molar-refractivity contribution in [1.29, 1.82) is 0 Å². The van der Waals surface area contributed by atoms with Gasteiger partial charge in [-0.1, -0.05) is 20.8 Å². The number of piperazine rings is 1. The Balaban J connectivity index is 1.40. The molecule has 1 saturated carbocycles. The summed E-state index contributed by atoms with van der Waals surface area (Å²) in [5.74, 6) is -0.609. The van der Waals surface area contributed by atoms with Gasteiger partial charge in [-0.3, -0.25) is 14.7 Å². The minimum absolute atomic E-state index is 0.0998. The number of carbonyl (C=O) groups excluding carboxylic acids is 2. The van der Waals surface area contributed by atoms with Crippen molar-refractivity contribution in [3.63, 3.8) is 0 Å². The fourth-order valence-corrected chi connectivity index (χ4v) is 4.92. The van der Waals surface area contributed by atoms with E-state index in [2.05, 4.69) is 46.9 Å². The van der Waals surface area contributed by atoms with Crippen LogP contribution in [0.15, 0.2) is 24.4 Å². The fraction of sp³-hybridized carbons (Fsp3) is 0.560. The van der Waals surface area contributed by atoms with E-state index in [1.165, 1.54) is 18.3 Å². The van der Waals surface area contributed by atoms with Crippen LogP contribution < -0.4 is 20.9 Å². The van der Waals surface area contributed by atoms with E-state index in [0.717, 1.165) is 51.9 Å². The number of aromatic nitrogens is 2. The van der Waals surface area contributed by atoms with Gasteiger partial charge >= 0.3 is 0 Å². The number of amides is 2. The molecule has 34 heavy (non-hydrogen) atoms. The van der Waals surface area contributed by atoms with Crippen molar-refractivity contribution in [2.75, 3.05) is 36.4 Å². The highest BCUT2D eigenvalue weighted by molar-refractivity contribution is 6.08. The van der Waals surface area contributed by atoms with Gasteiger partial charge in [0.15, 0.2) is 0 Å². The van der Waals surface area contributed by atoms with E-state index in [1.54, 1.807) is 6.07 Å². The Morgan fingerprint density at radius 3 is 2.44 bits per heavy atom. The number of carbonyl (C=O) groups is 2. The van der Waals surface area contributed by atoms with Gasteiger partial charge in [0.2, 0.25) is 0 Å². The molecule has 8 nitrogen and oxygen atoms in total. The van der Waals surface area contributed by atoms with Crippen LogP contribution in [0.4, 0.5) is 15.8 Å². The molecule has 9 heteroatoms. The topological polar surface area (TPSA) is 102 Å². The van der Waals surface area contributed by atoms with E-state index in [1.807, 2.05) is 4.90 Å². The Bertz CT molecular complexity index is 1020. The van der Waals surface area contributed by atoms with Crippen LogP contribution >= 0.6 is 0 Å². The molecule has 184 valence electrons. The summed E-state index contributed by atoms with van der Waals surface area (Å²) >= 11 is 0. The molecule has 4 rings (SSSR count). The number of halogens is 1. The molecule has 2 fully saturated rings. The lowest BCUT2D eigenvalue weighted by Crippen LogP contribution is -2.43. The molecule has 0 atom stereocenters. The Kier molecular flexibility index (Phi) is 7.21. The van der Waals surface area contributed by atoms with Gasteiger partial charge < -0.3 is 20.9 Å². The molecule has 0 spiro atoms. The summed E-state index contributed by atoms with van der Waals surface area (Å²) in [6.07, 6.45) is 5.43. The van der Waals surface area contributed by atoms with Crippen molar-refractivity contribution in [2.45, 2.75) is 52.5 Å². The van der Waals surface area contributed by atoms with Crippen molar-refractivity contribution < 1.29 is 14.0 Å². The summed E-state index contributed by atoms with van der Waals surface area (Å²) in [5.41, 5.74) is 1.62. The minimum Gasteiger partial charge on any atom is -0.369 e. The second-order valence-corrected chi connectivity index (χ2v) is 10.4. The molecule has 0 radical (unpaired) electrons. The minimum atomic E-state index is -0.489. The van der Waals surface area contributed by atoms with E-state index in [4.69, 9.17) is 0 Å². The normalized spacial score (nSPS) is 21.2. The predicted octanol–water partition coefficient (Wildman–Crippen LogP) is 3.55. The second kappa shape index (κ2) is 10.1. The Morgan fingerprint density at radius 1 is 1.06 bits per heavy atom. The van der Waals surface area contributed by atoms with Gasteiger partial charge in [0.1, 0.15) is 11.5 Å². The van der Waals surface area contributed by atoms with Gasteiger partial charge in [-0.05, 0) is 55.2 Å². The van der Waals surface area contributed by atoms with Crippen LogP contribution in [0.1, 0.15) is 67.3 Å². The number of hydrogen-bond acceptors (Lipinski definition) is 5. The van der Waals surface area contributed by atoms with Gasteiger partial charge in [0.25, 0.3) is 11.8 Å². The van der Waals surface area contributed by atoms with Crippen LogP contribution in [0.25, 0.3) is 0 Å². The monoisotopic (exact) mass is 470 g/mol. The van der Waals surface area contributed by atoms with Crippen LogP contribution in [0, 0.1) is 17.2 Å². The average molecular weight is 471 g/mol. The Morgan fingerprint density at radius 2 is 1.76 bits per heavy atom. The van der Waals surface area contributed by atoms with Crippen LogP contribution in [-0.4, -0.2) is 54.2 Å². The lowest BCUT2D eigenvalue weighted by Gasteiger charge is -2.37. The number of nitrogens with zero attached hydrogens (tertiary/aromatic N) is 2. The molecule has 1 saturated heterocycles. The zero-order valence-electron chi connectivity index (χ0n) is 20.2. The Hall–Kier alpha value is -2.94. The number of hydrogen-bond donors (Lipinski definition) is 4. The third-order valence-electron chi connectivity index (χ3n) is 7.03. The van der Waals surface area contributed by atoms with Gasteiger partial charge in [0.05, 0.1) is 11.9 Å². The number of aromatic amines is 1. The molecular formula is C25H35FN6O2. The molecule has 1 aromatic heterocycles. The third-order valence-corrected chi connectivity index (χ3v) is 7.03. The molecule has 2 heterocycles. The first kappa shape index (κ1) is 24.2. The third kappa shape index (κ3) is 5.75. The molecule has 4 N–H and O–H groups in total. The van der Waals surface area contributed by atoms with Gasteiger partial charge in [-0.25, -0.2) is 4.39 Å². The maximum absolute atomic E-state index is 14.3. The summed E-state index contributed by atoms with van der Waals surface area (Å²) in [6, 6.07) is 4.42. The summed E-state index contributed by atoms with van der Waals surface area (Å²) in [5, 5.41) is 15.7. The summed E-state index contributed by atoms with van der Waals surface area (Å²) in [4.78, 5) is 27.9. The summed E-state index contributed by atoms with van der Waals surface area (Å²) in [6.45, 7) is 9.90. The highest BCUT2D eigenvalue weighted by atomic mass is 19.1.